The third-order valence-electron chi connectivity index (χ3n) is 3.86. The molecule has 3 rings (SSSR count). The fourth-order valence-electron chi connectivity index (χ4n) is 2.61. The maximum Gasteiger partial charge on any atom is 0.251 e. The molecule has 0 fully saturated rings. The molecule has 0 atom stereocenters. The summed E-state index contributed by atoms with van der Waals surface area (Å²) in [5.41, 5.74) is 1.64. The van der Waals surface area contributed by atoms with Crippen LogP contribution >= 0.6 is 27.3 Å². The quantitative estimate of drug-likeness (QED) is 0.761. The topological polar surface area (TPSA) is 71.1 Å². The van der Waals surface area contributed by atoms with Crippen molar-refractivity contribution in [3.63, 3.8) is 0 Å². The molecule has 0 radical (unpaired) electrons. The van der Waals surface area contributed by atoms with Gasteiger partial charge in [-0.3, -0.25) is 9.59 Å². The number of hydrogen-bond donors (Lipinski definition) is 2. The second kappa shape index (κ2) is 7.90. The number of rotatable bonds is 4. The van der Waals surface area contributed by atoms with Crippen molar-refractivity contribution in [3.05, 3.63) is 44.9 Å². The zero-order chi connectivity index (χ0) is 16.9. The van der Waals surface area contributed by atoms with E-state index >= 15 is 0 Å². The van der Waals surface area contributed by atoms with Crippen LogP contribution in [0.5, 0.6) is 0 Å². The number of fused-ring (bicyclic) bond motifs is 1. The molecule has 126 valence electrons. The second-order valence-corrected chi connectivity index (χ2v) is 7.69. The molecule has 1 aromatic heterocycles. The standard InChI is InChI=1S/C17H18BrN3O2S/c18-12-8-6-11(7-9-12)16(23)19-10-15(22)21-17-20-13-4-2-1-3-5-14(13)24-17/h6-9H,1-5,10H2,(H,19,23)(H,20,21,22). The molecular weight excluding hydrogens is 390 g/mol. The van der Waals surface area contributed by atoms with Crippen LogP contribution < -0.4 is 10.6 Å². The van der Waals surface area contributed by atoms with E-state index < -0.39 is 0 Å². The normalized spacial score (nSPS) is 13.7. The molecule has 7 heteroatoms. The van der Waals surface area contributed by atoms with Gasteiger partial charge in [0, 0.05) is 14.9 Å². The molecule has 2 aromatic rings. The Morgan fingerprint density at radius 2 is 1.88 bits per heavy atom. The van der Waals surface area contributed by atoms with Crippen LogP contribution in [0.2, 0.25) is 0 Å². The SMILES string of the molecule is O=C(CNC(=O)c1ccc(Br)cc1)Nc1nc2c(s1)CCCCC2. The molecule has 1 aliphatic rings. The number of carbonyl (C=O) groups excluding carboxylic acids is 2. The summed E-state index contributed by atoms with van der Waals surface area (Å²) in [5.74, 6) is -0.531. The van der Waals surface area contributed by atoms with E-state index in [1.807, 2.05) is 0 Å². The van der Waals surface area contributed by atoms with Crippen molar-refractivity contribution < 1.29 is 9.59 Å². The highest BCUT2D eigenvalue weighted by Gasteiger charge is 2.15. The van der Waals surface area contributed by atoms with Crippen LogP contribution in [0.1, 0.15) is 40.2 Å². The van der Waals surface area contributed by atoms with Gasteiger partial charge in [-0.2, -0.15) is 0 Å². The minimum absolute atomic E-state index is 0.0703. The van der Waals surface area contributed by atoms with Gasteiger partial charge in [0.1, 0.15) is 0 Å². The summed E-state index contributed by atoms with van der Waals surface area (Å²) in [6, 6.07) is 6.99. The molecular formula is C17H18BrN3O2S. The number of amides is 2. The Labute approximate surface area is 153 Å². The lowest BCUT2D eigenvalue weighted by Crippen LogP contribution is -2.32. The van der Waals surface area contributed by atoms with Crippen molar-refractivity contribution in [3.8, 4) is 0 Å². The zero-order valence-electron chi connectivity index (χ0n) is 13.1. The summed E-state index contributed by atoms with van der Waals surface area (Å²) in [7, 11) is 0. The first kappa shape index (κ1) is 17.1. The third-order valence-corrected chi connectivity index (χ3v) is 5.46. The Hall–Kier alpha value is -1.73. The van der Waals surface area contributed by atoms with Gasteiger partial charge in [-0.15, -0.1) is 11.3 Å². The number of carbonyl (C=O) groups is 2. The number of nitrogens with zero attached hydrogens (tertiary/aromatic N) is 1. The summed E-state index contributed by atoms with van der Waals surface area (Å²) in [6.45, 7) is -0.0703. The predicted octanol–water partition coefficient (Wildman–Crippen LogP) is 3.54. The van der Waals surface area contributed by atoms with Gasteiger partial charge in [0.2, 0.25) is 5.91 Å². The van der Waals surface area contributed by atoms with Crippen molar-refractivity contribution in [2.45, 2.75) is 32.1 Å². The lowest BCUT2D eigenvalue weighted by molar-refractivity contribution is -0.115. The fraction of sp³-hybridized carbons (Fsp3) is 0.353. The van der Waals surface area contributed by atoms with Crippen molar-refractivity contribution >= 4 is 44.2 Å². The molecule has 1 heterocycles. The van der Waals surface area contributed by atoms with Crippen LogP contribution in [-0.4, -0.2) is 23.3 Å². The lowest BCUT2D eigenvalue weighted by Gasteiger charge is -2.05. The average Bonchev–Trinajstić information content (AvgIpc) is 2.81. The van der Waals surface area contributed by atoms with Crippen LogP contribution in [0.3, 0.4) is 0 Å². The third kappa shape index (κ3) is 4.42. The Bertz CT molecular complexity index is 719. The van der Waals surface area contributed by atoms with Gasteiger partial charge in [0.25, 0.3) is 5.91 Å². The van der Waals surface area contributed by atoms with E-state index in [2.05, 4.69) is 31.5 Å². The van der Waals surface area contributed by atoms with E-state index in [1.165, 1.54) is 17.7 Å². The highest BCUT2D eigenvalue weighted by molar-refractivity contribution is 9.10. The van der Waals surface area contributed by atoms with Crippen molar-refractivity contribution in [2.75, 3.05) is 11.9 Å². The smallest absolute Gasteiger partial charge is 0.251 e. The largest absolute Gasteiger partial charge is 0.343 e. The fourth-order valence-corrected chi connectivity index (χ4v) is 3.94. The first-order chi connectivity index (χ1) is 11.6. The first-order valence-electron chi connectivity index (χ1n) is 7.94. The molecule has 1 aliphatic carbocycles. The van der Waals surface area contributed by atoms with Crippen LogP contribution in [0.4, 0.5) is 5.13 Å². The molecule has 0 aliphatic heterocycles. The summed E-state index contributed by atoms with van der Waals surface area (Å²) >= 11 is 4.87. The Morgan fingerprint density at radius 3 is 2.67 bits per heavy atom. The highest BCUT2D eigenvalue weighted by atomic mass is 79.9. The zero-order valence-corrected chi connectivity index (χ0v) is 15.5. The molecule has 5 nitrogen and oxygen atoms in total. The predicted molar refractivity (Wildman–Crippen MR) is 98.5 cm³/mol. The number of benzene rings is 1. The summed E-state index contributed by atoms with van der Waals surface area (Å²) in [5, 5.41) is 6.03. The van der Waals surface area contributed by atoms with Gasteiger partial charge >= 0.3 is 0 Å². The van der Waals surface area contributed by atoms with Gasteiger partial charge < -0.3 is 10.6 Å². The number of halogens is 1. The molecule has 0 spiro atoms. The highest BCUT2D eigenvalue weighted by Crippen LogP contribution is 2.28. The molecule has 0 saturated heterocycles. The summed E-state index contributed by atoms with van der Waals surface area (Å²) in [4.78, 5) is 29.8. The monoisotopic (exact) mass is 407 g/mol. The van der Waals surface area contributed by atoms with E-state index in [4.69, 9.17) is 0 Å². The number of nitrogens with one attached hydrogen (secondary N) is 2. The lowest BCUT2D eigenvalue weighted by atomic mass is 10.2. The summed E-state index contributed by atoms with van der Waals surface area (Å²) < 4.78 is 0.903. The Morgan fingerprint density at radius 1 is 1.12 bits per heavy atom. The molecule has 0 saturated carbocycles. The number of anilines is 1. The van der Waals surface area contributed by atoms with Gasteiger partial charge in [0.05, 0.1) is 12.2 Å². The van der Waals surface area contributed by atoms with Gasteiger partial charge in [-0.05, 0) is 49.9 Å². The van der Waals surface area contributed by atoms with E-state index in [0.717, 1.165) is 29.4 Å². The minimum atomic E-state index is -0.271. The first-order valence-corrected chi connectivity index (χ1v) is 9.55. The van der Waals surface area contributed by atoms with Gasteiger partial charge in [-0.25, -0.2) is 4.98 Å². The molecule has 0 unspecified atom stereocenters. The maximum atomic E-state index is 12.0. The van der Waals surface area contributed by atoms with Crippen LogP contribution in [0.25, 0.3) is 0 Å². The van der Waals surface area contributed by atoms with E-state index in [-0.39, 0.29) is 18.4 Å². The Balaban J connectivity index is 1.52. The molecule has 2 N–H and O–H groups in total. The van der Waals surface area contributed by atoms with Crippen molar-refractivity contribution in [1.29, 1.82) is 0 Å². The van der Waals surface area contributed by atoms with Crippen molar-refractivity contribution in [1.82, 2.24) is 10.3 Å². The Kier molecular flexibility index (Phi) is 5.63. The van der Waals surface area contributed by atoms with Crippen molar-refractivity contribution in [2.24, 2.45) is 0 Å². The molecule has 1 aromatic carbocycles. The average molecular weight is 408 g/mol. The number of hydrogen-bond acceptors (Lipinski definition) is 4. The van der Waals surface area contributed by atoms with Gasteiger partial charge in [0.15, 0.2) is 5.13 Å². The van der Waals surface area contributed by atoms with Gasteiger partial charge in [-0.1, -0.05) is 22.4 Å². The van der Waals surface area contributed by atoms with E-state index in [0.29, 0.717) is 10.7 Å². The van der Waals surface area contributed by atoms with Crippen LogP contribution in [0.15, 0.2) is 28.7 Å². The van der Waals surface area contributed by atoms with E-state index in [1.54, 1.807) is 35.6 Å². The van der Waals surface area contributed by atoms with Crippen LogP contribution in [-0.2, 0) is 17.6 Å². The minimum Gasteiger partial charge on any atom is -0.343 e. The number of aromatic nitrogens is 1. The molecule has 24 heavy (non-hydrogen) atoms. The molecule has 0 bridgehead atoms. The van der Waals surface area contributed by atoms with Crippen LogP contribution in [0, 0.1) is 0 Å². The molecule has 2 amide bonds. The van der Waals surface area contributed by atoms with E-state index in [9.17, 15) is 9.59 Å². The number of aryl methyl sites for hydroxylation is 2. The summed E-state index contributed by atoms with van der Waals surface area (Å²) in [6.07, 6.45) is 5.62. The number of thiazole rings is 1. The maximum absolute atomic E-state index is 12.0. The second-order valence-electron chi connectivity index (χ2n) is 5.69.